The van der Waals surface area contributed by atoms with Gasteiger partial charge in [0.15, 0.2) is 10.6 Å². The molecule has 3 rings (SSSR count). The highest BCUT2D eigenvalue weighted by Crippen LogP contribution is 2.22. The summed E-state index contributed by atoms with van der Waals surface area (Å²) < 4.78 is 2.71. The lowest BCUT2D eigenvalue weighted by Gasteiger charge is -2.24. The molecule has 0 radical (unpaired) electrons. The summed E-state index contributed by atoms with van der Waals surface area (Å²) in [4.78, 5) is 6.81. The Bertz CT molecular complexity index is 627. The van der Waals surface area contributed by atoms with Crippen molar-refractivity contribution in [2.75, 3.05) is 13.6 Å². The highest BCUT2D eigenvalue weighted by Gasteiger charge is 2.19. The van der Waals surface area contributed by atoms with Crippen LogP contribution in [0.2, 0.25) is 0 Å². The fourth-order valence-electron chi connectivity index (χ4n) is 3.00. The Kier molecular flexibility index (Phi) is 4.45. The molecule has 2 aromatic heterocycles. The van der Waals surface area contributed by atoms with Crippen molar-refractivity contribution in [3.8, 4) is 11.5 Å². The van der Waals surface area contributed by atoms with Gasteiger partial charge in [-0.1, -0.05) is 18.9 Å². The second kappa shape index (κ2) is 6.49. The first-order chi connectivity index (χ1) is 10.3. The van der Waals surface area contributed by atoms with E-state index in [2.05, 4.69) is 27.1 Å². The van der Waals surface area contributed by atoms with Crippen LogP contribution in [0.1, 0.15) is 25.7 Å². The molecule has 1 aliphatic carbocycles. The largest absolute Gasteiger partial charge is 0.302 e. The third-order valence-corrected chi connectivity index (χ3v) is 4.59. The normalized spacial score (nSPS) is 15.9. The van der Waals surface area contributed by atoms with E-state index in [-0.39, 0.29) is 0 Å². The summed E-state index contributed by atoms with van der Waals surface area (Å²) in [6.45, 7) is 1.83. The molecule has 112 valence electrons. The van der Waals surface area contributed by atoms with Crippen molar-refractivity contribution in [1.82, 2.24) is 24.6 Å². The average molecular weight is 303 g/mol. The molecule has 0 saturated heterocycles. The van der Waals surface area contributed by atoms with Crippen LogP contribution >= 0.6 is 12.2 Å². The topological polar surface area (TPSA) is 49.7 Å². The molecule has 0 bridgehead atoms. The zero-order chi connectivity index (χ0) is 14.7. The van der Waals surface area contributed by atoms with Gasteiger partial charge in [-0.05, 0) is 44.2 Å². The number of nitrogens with zero attached hydrogens (tertiary/aromatic N) is 4. The number of aromatic amines is 1. The van der Waals surface area contributed by atoms with Gasteiger partial charge in [0.05, 0.1) is 0 Å². The number of pyridine rings is 1. The summed E-state index contributed by atoms with van der Waals surface area (Å²) in [7, 11) is 2.21. The molecular weight excluding hydrogens is 282 g/mol. The molecule has 0 aromatic carbocycles. The van der Waals surface area contributed by atoms with E-state index in [9.17, 15) is 0 Å². The third-order valence-electron chi connectivity index (χ3n) is 4.28. The molecule has 1 N–H and O–H groups in total. The van der Waals surface area contributed by atoms with Crippen LogP contribution in [0.4, 0.5) is 0 Å². The Labute approximate surface area is 130 Å². The maximum Gasteiger partial charge on any atom is 0.195 e. The Balaban J connectivity index is 1.73. The molecule has 1 saturated carbocycles. The molecule has 6 heteroatoms. The lowest BCUT2D eigenvalue weighted by molar-refractivity contribution is 0.236. The van der Waals surface area contributed by atoms with E-state index >= 15 is 0 Å². The number of rotatable bonds is 5. The van der Waals surface area contributed by atoms with Crippen molar-refractivity contribution in [1.29, 1.82) is 0 Å². The van der Waals surface area contributed by atoms with E-state index in [0.717, 1.165) is 30.6 Å². The van der Waals surface area contributed by atoms with Crippen molar-refractivity contribution in [2.45, 2.75) is 38.3 Å². The zero-order valence-electron chi connectivity index (χ0n) is 12.3. The third kappa shape index (κ3) is 3.22. The monoisotopic (exact) mass is 303 g/mol. The molecule has 21 heavy (non-hydrogen) atoms. The van der Waals surface area contributed by atoms with Gasteiger partial charge in [0, 0.05) is 25.3 Å². The predicted octanol–water partition coefficient (Wildman–Crippen LogP) is 2.88. The Morgan fingerprint density at radius 3 is 2.90 bits per heavy atom. The predicted molar refractivity (Wildman–Crippen MR) is 85.5 cm³/mol. The first-order valence-corrected chi connectivity index (χ1v) is 7.93. The Morgan fingerprint density at radius 1 is 1.38 bits per heavy atom. The lowest BCUT2D eigenvalue weighted by Crippen LogP contribution is -2.32. The number of nitrogens with one attached hydrogen (secondary N) is 1. The molecule has 0 spiro atoms. The summed E-state index contributed by atoms with van der Waals surface area (Å²) in [5, 5.41) is 7.21. The molecule has 2 heterocycles. The van der Waals surface area contributed by atoms with Crippen molar-refractivity contribution < 1.29 is 0 Å². The van der Waals surface area contributed by atoms with Crippen LogP contribution in [0.15, 0.2) is 24.4 Å². The summed E-state index contributed by atoms with van der Waals surface area (Å²) in [5.74, 6) is 0.820. The van der Waals surface area contributed by atoms with Gasteiger partial charge in [-0.25, -0.2) is 0 Å². The second-order valence-corrected chi connectivity index (χ2v) is 6.02. The van der Waals surface area contributed by atoms with E-state index < -0.39 is 0 Å². The van der Waals surface area contributed by atoms with Gasteiger partial charge in [-0.15, -0.1) is 0 Å². The lowest BCUT2D eigenvalue weighted by atomic mass is 10.2. The molecule has 5 nitrogen and oxygen atoms in total. The van der Waals surface area contributed by atoms with Gasteiger partial charge in [-0.2, -0.15) is 5.10 Å². The van der Waals surface area contributed by atoms with Gasteiger partial charge in [0.1, 0.15) is 5.69 Å². The van der Waals surface area contributed by atoms with Crippen LogP contribution in [-0.4, -0.2) is 44.3 Å². The van der Waals surface area contributed by atoms with Crippen molar-refractivity contribution in [2.24, 2.45) is 0 Å². The Morgan fingerprint density at radius 2 is 2.19 bits per heavy atom. The van der Waals surface area contributed by atoms with Gasteiger partial charge in [0.25, 0.3) is 0 Å². The molecule has 1 aliphatic rings. The van der Waals surface area contributed by atoms with Crippen LogP contribution in [0.5, 0.6) is 0 Å². The van der Waals surface area contributed by atoms with Crippen LogP contribution in [0, 0.1) is 4.77 Å². The highest BCUT2D eigenvalue weighted by atomic mass is 32.1. The fraction of sp³-hybridized carbons (Fsp3) is 0.533. The average Bonchev–Trinajstić information content (AvgIpc) is 3.16. The quantitative estimate of drug-likeness (QED) is 0.863. The smallest absolute Gasteiger partial charge is 0.195 e. The van der Waals surface area contributed by atoms with Crippen LogP contribution in [0.3, 0.4) is 0 Å². The van der Waals surface area contributed by atoms with Crippen molar-refractivity contribution in [3.05, 3.63) is 29.2 Å². The van der Waals surface area contributed by atoms with Crippen LogP contribution in [-0.2, 0) is 6.54 Å². The molecule has 1 fully saturated rings. The summed E-state index contributed by atoms with van der Waals surface area (Å²) >= 11 is 5.36. The highest BCUT2D eigenvalue weighted by molar-refractivity contribution is 7.71. The second-order valence-electron chi connectivity index (χ2n) is 5.64. The number of hydrogen-bond donors (Lipinski definition) is 1. The summed E-state index contributed by atoms with van der Waals surface area (Å²) in [6.07, 6.45) is 7.14. The minimum absolute atomic E-state index is 0.662. The molecule has 0 atom stereocenters. The summed E-state index contributed by atoms with van der Waals surface area (Å²) in [6, 6.07) is 6.56. The van der Waals surface area contributed by atoms with Crippen molar-refractivity contribution in [3.63, 3.8) is 0 Å². The first kappa shape index (κ1) is 14.4. The van der Waals surface area contributed by atoms with Gasteiger partial charge in [0.2, 0.25) is 0 Å². The maximum absolute atomic E-state index is 5.36. The standard InChI is InChI=1S/C15H21N5S/c1-19(12-6-2-3-7-12)10-11-20-14(17-18-15(20)21)13-8-4-5-9-16-13/h4-5,8-9,12H,2-3,6-7,10-11H2,1H3,(H,18,21). The summed E-state index contributed by atoms with van der Waals surface area (Å²) in [5.41, 5.74) is 0.855. The van der Waals surface area contributed by atoms with E-state index in [0.29, 0.717) is 4.77 Å². The maximum atomic E-state index is 5.36. The fourth-order valence-corrected chi connectivity index (χ4v) is 3.22. The SMILES string of the molecule is CN(CCn1c(-c2ccccn2)n[nH]c1=S)C1CCCC1. The molecule has 0 amide bonds. The molecule has 0 aliphatic heterocycles. The molecular formula is C15H21N5S. The minimum atomic E-state index is 0.662. The van der Waals surface area contributed by atoms with Gasteiger partial charge in [-0.3, -0.25) is 14.6 Å². The van der Waals surface area contributed by atoms with Gasteiger partial charge < -0.3 is 4.90 Å². The van der Waals surface area contributed by atoms with Crippen molar-refractivity contribution >= 4 is 12.2 Å². The van der Waals surface area contributed by atoms with Crippen LogP contribution in [0.25, 0.3) is 11.5 Å². The first-order valence-electron chi connectivity index (χ1n) is 7.52. The number of aromatic nitrogens is 4. The van der Waals surface area contributed by atoms with E-state index in [4.69, 9.17) is 12.2 Å². The number of likely N-dealkylation sites (N-methyl/N-ethyl adjacent to an activating group) is 1. The van der Waals surface area contributed by atoms with E-state index in [1.165, 1.54) is 25.7 Å². The molecule has 2 aromatic rings. The molecule has 0 unspecified atom stereocenters. The zero-order valence-corrected chi connectivity index (χ0v) is 13.1. The Hall–Kier alpha value is -1.53. The minimum Gasteiger partial charge on any atom is -0.302 e. The number of hydrogen-bond acceptors (Lipinski definition) is 4. The van der Waals surface area contributed by atoms with Gasteiger partial charge >= 0.3 is 0 Å². The van der Waals surface area contributed by atoms with E-state index in [1.54, 1.807) is 6.20 Å². The number of H-pyrrole nitrogens is 1. The van der Waals surface area contributed by atoms with Crippen LogP contribution < -0.4 is 0 Å². The van der Waals surface area contributed by atoms with E-state index in [1.807, 2.05) is 22.8 Å².